The molecule has 4 nitrogen and oxygen atoms in total. The fourth-order valence-electron chi connectivity index (χ4n) is 2.93. The number of ketones is 1. The molecule has 1 aliphatic carbocycles. The minimum absolute atomic E-state index is 0.110. The van der Waals surface area contributed by atoms with Crippen LogP contribution in [0.4, 0.5) is 13.2 Å². The molecule has 1 N–H and O–H groups in total. The van der Waals surface area contributed by atoms with Crippen LogP contribution in [0.2, 0.25) is 0 Å². The Morgan fingerprint density at radius 1 is 1.35 bits per heavy atom. The highest BCUT2D eigenvalue weighted by atomic mass is 32.2. The van der Waals surface area contributed by atoms with Gasteiger partial charge in [-0.15, -0.1) is 11.8 Å². The Hall–Kier alpha value is -1.96. The number of methoxy groups -OCH3 is 1. The number of rotatable bonds is 5. The standard InChI is InChI=1S/C18H19F3O4S/c1-10(9-26-13-5-3-11(4-6-13)18(19,20)21)14-7-12(22)8-15(23)16(14)17(24)25-2/h3-6,8,10,14,16,23H,7,9H2,1-2H3. The lowest BCUT2D eigenvalue weighted by Gasteiger charge is -2.31. The van der Waals surface area contributed by atoms with Crippen molar-refractivity contribution in [2.45, 2.75) is 24.4 Å². The number of carbonyl (C=O) groups excluding carboxylic acids is 2. The molecule has 0 spiro atoms. The van der Waals surface area contributed by atoms with Crippen LogP contribution in [0.1, 0.15) is 18.9 Å². The number of halogens is 3. The average molecular weight is 388 g/mol. The molecular weight excluding hydrogens is 369 g/mol. The largest absolute Gasteiger partial charge is 0.511 e. The zero-order valence-corrected chi connectivity index (χ0v) is 15.1. The zero-order chi connectivity index (χ0) is 19.5. The molecule has 0 saturated heterocycles. The van der Waals surface area contributed by atoms with E-state index in [4.69, 9.17) is 4.74 Å². The molecule has 0 fully saturated rings. The number of allylic oxidation sites excluding steroid dienone is 1. The van der Waals surface area contributed by atoms with Gasteiger partial charge in [0.15, 0.2) is 5.78 Å². The van der Waals surface area contributed by atoms with E-state index in [2.05, 4.69) is 0 Å². The van der Waals surface area contributed by atoms with Crippen molar-refractivity contribution in [3.05, 3.63) is 41.7 Å². The first kappa shape index (κ1) is 20.4. The monoisotopic (exact) mass is 388 g/mol. The average Bonchev–Trinajstić information content (AvgIpc) is 2.58. The van der Waals surface area contributed by atoms with Gasteiger partial charge in [-0.05, 0) is 36.1 Å². The Bertz CT molecular complexity index is 697. The zero-order valence-electron chi connectivity index (χ0n) is 14.2. The summed E-state index contributed by atoms with van der Waals surface area (Å²) >= 11 is 1.33. The van der Waals surface area contributed by atoms with Crippen LogP contribution in [0.3, 0.4) is 0 Å². The molecule has 1 aromatic carbocycles. The van der Waals surface area contributed by atoms with Crippen LogP contribution < -0.4 is 0 Å². The molecule has 0 heterocycles. The van der Waals surface area contributed by atoms with E-state index in [9.17, 15) is 27.9 Å². The molecule has 2 rings (SSSR count). The highest BCUT2D eigenvalue weighted by Crippen LogP contribution is 2.37. The highest BCUT2D eigenvalue weighted by Gasteiger charge is 2.40. The topological polar surface area (TPSA) is 63.6 Å². The number of hydrogen-bond acceptors (Lipinski definition) is 5. The van der Waals surface area contributed by atoms with E-state index in [0.29, 0.717) is 10.6 Å². The number of thioether (sulfide) groups is 1. The van der Waals surface area contributed by atoms with Gasteiger partial charge in [-0.2, -0.15) is 13.2 Å². The first-order chi connectivity index (χ1) is 12.1. The molecule has 0 amide bonds. The Morgan fingerprint density at radius 2 is 1.96 bits per heavy atom. The fourth-order valence-corrected chi connectivity index (χ4v) is 3.96. The predicted molar refractivity (Wildman–Crippen MR) is 90.7 cm³/mol. The van der Waals surface area contributed by atoms with Crippen molar-refractivity contribution in [2.75, 3.05) is 12.9 Å². The summed E-state index contributed by atoms with van der Waals surface area (Å²) < 4.78 is 42.5. The lowest BCUT2D eigenvalue weighted by molar-refractivity contribution is -0.148. The van der Waals surface area contributed by atoms with E-state index in [0.717, 1.165) is 18.2 Å². The van der Waals surface area contributed by atoms with Crippen molar-refractivity contribution in [1.82, 2.24) is 0 Å². The summed E-state index contributed by atoms with van der Waals surface area (Å²) in [6.45, 7) is 1.84. The van der Waals surface area contributed by atoms with Crippen molar-refractivity contribution in [3.8, 4) is 0 Å². The second-order valence-corrected chi connectivity index (χ2v) is 7.31. The first-order valence-electron chi connectivity index (χ1n) is 7.94. The molecular formula is C18H19F3O4S. The summed E-state index contributed by atoms with van der Waals surface area (Å²) in [6.07, 6.45) is -3.22. The smallest absolute Gasteiger partial charge is 0.416 e. The molecule has 0 aliphatic heterocycles. The third-order valence-electron chi connectivity index (χ3n) is 4.37. The number of hydrogen-bond donors (Lipinski definition) is 1. The second-order valence-electron chi connectivity index (χ2n) is 6.21. The Kier molecular flexibility index (Phi) is 6.39. The molecule has 1 aliphatic rings. The molecule has 0 bridgehead atoms. The van der Waals surface area contributed by atoms with Gasteiger partial charge >= 0.3 is 12.1 Å². The Labute approximate surface area is 153 Å². The molecule has 1 aromatic rings. The van der Waals surface area contributed by atoms with E-state index in [1.165, 1.54) is 31.0 Å². The fraction of sp³-hybridized carbons (Fsp3) is 0.444. The van der Waals surface area contributed by atoms with E-state index in [1.54, 1.807) is 0 Å². The maximum atomic E-state index is 12.6. The molecule has 26 heavy (non-hydrogen) atoms. The minimum atomic E-state index is -4.38. The maximum absolute atomic E-state index is 12.6. The van der Waals surface area contributed by atoms with Gasteiger partial charge in [-0.3, -0.25) is 9.59 Å². The van der Waals surface area contributed by atoms with Gasteiger partial charge in [0.25, 0.3) is 0 Å². The van der Waals surface area contributed by atoms with E-state index in [-0.39, 0.29) is 23.9 Å². The lowest BCUT2D eigenvalue weighted by Crippen LogP contribution is -2.36. The van der Waals surface area contributed by atoms with Crippen molar-refractivity contribution in [1.29, 1.82) is 0 Å². The van der Waals surface area contributed by atoms with E-state index in [1.807, 2.05) is 6.92 Å². The van der Waals surface area contributed by atoms with Crippen molar-refractivity contribution >= 4 is 23.5 Å². The maximum Gasteiger partial charge on any atom is 0.416 e. The molecule has 3 atom stereocenters. The molecule has 0 radical (unpaired) electrons. The lowest BCUT2D eigenvalue weighted by atomic mass is 9.75. The van der Waals surface area contributed by atoms with Crippen LogP contribution in [0, 0.1) is 17.8 Å². The number of ether oxygens (including phenoxy) is 1. The van der Waals surface area contributed by atoms with Gasteiger partial charge in [0.05, 0.1) is 12.7 Å². The van der Waals surface area contributed by atoms with Gasteiger partial charge in [-0.25, -0.2) is 0 Å². The summed E-state index contributed by atoms with van der Waals surface area (Å²) in [5.74, 6) is -2.18. The van der Waals surface area contributed by atoms with Crippen molar-refractivity contribution < 1.29 is 32.6 Å². The molecule has 142 valence electrons. The van der Waals surface area contributed by atoms with Gasteiger partial charge in [0.2, 0.25) is 0 Å². The molecule has 3 unspecified atom stereocenters. The third-order valence-corrected chi connectivity index (χ3v) is 5.67. The predicted octanol–water partition coefficient (Wildman–Crippen LogP) is 4.25. The minimum Gasteiger partial charge on any atom is -0.511 e. The Balaban J connectivity index is 2.06. The van der Waals surface area contributed by atoms with Crippen molar-refractivity contribution in [2.24, 2.45) is 17.8 Å². The molecule has 0 saturated carbocycles. The quantitative estimate of drug-likeness (QED) is 0.603. The number of carbonyl (C=O) groups is 2. The summed E-state index contributed by atoms with van der Waals surface area (Å²) in [5, 5.41) is 9.98. The van der Waals surface area contributed by atoms with Crippen LogP contribution in [-0.2, 0) is 20.5 Å². The number of alkyl halides is 3. The van der Waals surface area contributed by atoms with Gasteiger partial charge < -0.3 is 9.84 Å². The van der Waals surface area contributed by atoms with Crippen LogP contribution in [0.15, 0.2) is 41.0 Å². The summed E-state index contributed by atoms with van der Waals surface area (Å²) in [7, 11) is 1.21. The highest BCUT2D eigenvalue weighted by molar-refractivity contribution is 7.99. The Morgan fingerprint density at radius 3 is 2.50 bits per heavy atom. The van der Waals surface area contributed by atoms with Gasteiger partial charge in [0.1, 0.15) is 11.7 Å². The SMILES string of the molecule is COC(=O)C1C(O)=CC(=O)CC1C(C)CSc1ccc(C(F)(F)F)cc1. The molecule has 8 heteroatoms. The van der Waals surface area contributed by atoms with Crippen LogP contribution in [0.25, 0.3) is 0 Å². The summed E-state index contributed by atoms with van der Waals surface area (Å²) in [4.78, 5) is 24.4. The normalized spacial score (nSPS) is 21.9. The van der Waals surface area contributed by atoms with Crippen LogP contribution >= 0.6 is 11.8 Å². The van der Waals surface area contributed by atoms with Crippen molar-refractivity contribution in [3.63, 3.8) is 0 Å². The summed E-state index contributed by atoms with van der Waals surface area (Å²) in [5.41, 5.74) is -0.714. The second kappa shape index (κ2) is 8.16. The summed E-state index contributed by atoms with van der Waals surface area (Å²) in [6, 6.07) is 4.81. The third kappa shape index (κ3) is 4.81. The van der Waals surface area contributed by atoms with E-state index < -0.39 is 29.5 Å². The number of esters is 1. The number of aliphatic hydroxyl groups excluding tert-OH is 1. The van der Waals surface area contributed by atoms with Gasteiger partial charge in [0, 0.05) is 23.1 Å². The van der Waals surface area contributed by atoms with Gasteiger partial charge in [-0.1, -0.05) is 6.92 Å². The van der Waals surface area contributed by atoms with Crippen LogP contribution in [0.5, 0.6) is 0 Å². The number of aliphatic hydroxyl groups is 1. The van der Waals surface area contributed by atoms with E-state index >= 15 is 0 Å². The number of benzene rings is 1. The van der Waals surface area contributed by atoms with Crippen LogP contribution in [-0.4, -0.2) is 29.7 Å². The molecule has 0 aromatic heterocycles. The first-order valence-corrected chi connectivity index (χ1v) is 8.93.